The van der Waals surface area contributed by atoms with Crippen LogP contribution in [-0.2, 0) is 21.6 Å². The van der Waals surface area contributed by atoms with Crippen molar-refractivity contribution in [2.45, 2.75) is 62.6 Å². The van der Waals surface area contributed by atoms with Gasteiger partial charge in [0.05, 0.1) is 5.60 Å². The lowest BCUT2D eigenvalue weighted by atomic mass is 9.71. The molecule has 0 aromatic heterocycles. The van der Waals surface area contributed by atoms with E-state index in [9.17, 15) is 5.11 Å². The van der Waals surface area contributed by atoms with Crippen LogP contribution in [0.5, 0.6) is 0 Å². The second-order valence-electron chi connectivity index (χ2n) is 8.23. The zero-order chi connectivity index (χ0) is 19.6. The molecule has 1 N–H and O–H groups in total. The van der Waals surface area contributed by atoms with Gasteiger partial charge in [-0.3, -0.25) is 4.90 Å². The van der Waals surface area contributed by atoms with Crippen molar-refractivity contribution in [2.24, 2.45) is 0 Å². The Labute approximate surface area is 168 Å². The second kappa shape index (κ2) is 8.34. The average Bonchev–Trinajstić information content (AvgIpc) is 2.71. The Kier molecular flexibility index (Phi) is 5.83. The topological polar surface area (TPSA) is 41.9 Å². The number of methoxy groups -OCH3 is 2. The molecule has 4 heteroatoms. The monoisotopic (exact) mass is 381 g/mol. The largest absolute Gasteiger partial charge is 0.385 e. The van der Waals surface area contributed by atoms with Crippen molar-refractivity contribution in [3.8, 4) is 0 Å². The third kappa shape index (κ3) is 3.74. The molecule has 2 aromatic carbocycles. The molecule has 0 aliphatic carbocycles. The van der Waals surface area contributed by atoms with Gasteiger partial charge in [0.15, 0.2) is 6.29 Å². The van der Waals surface area contributed by atoms with E-state index in [-0.39, 0.29) is 0 Å². The predicted octanol–water partition coefficient (Wildman–Crippen LogP) is 4.38. The molecule has 2 heterocycles. The van der Waals surface area contributed by atoms with Gasteiger partial charge in [0.1, 0.15) is 0 Å². The molecule has 2 bridgehead atoms. The molecule has 2 unspecified atom stereocenters. The summed E-state index contributed by atoms with van der Waals surface area (Å²) in [6, 6.07) is 19.5. The van der Waals surface area contributed by atoms with Gasteiger partial charge >= 0.3 is 0 Å². The molecule has 2 aliphatic rings. The van der Waals surface area contributed by atoms with Crippen LogP contribution in [0.25, 0.3) is 0 Å². The lowest BCUT2D eigenvalue weighted by molar-refractivity contribution is -0.119. The Hall–Kier alpha value is -1.72. The van der Waals surface area contributed by atoms with Crippen LogP contribution in [0, 0.1) is 0 Å². The summed E-state index contributed by atoms with van der Waals surface area (Å²) >= 11 is 0. The summed E-state index contributed by atoms with van der Waals surface area (Å²) in [7, 11) is 3.29. The first-order valence-electron chi connectivity index (χ1n) is 10.3. The quantitative estimate of drug-likeness (QED) is 0.754. The van der Waals surface area contributed by atoms with Gasteiger partial charge in [-0.2, -0.15) is 0 Å². The number of hydrogen-bond donors (Lipinski definition) is 1. The molecule has 4 rings (SSSR count). The summed E-state index contributed by atoms with van der Waals surface area (Å²) in [4.78, 5) is 2.63. The maximum atomic E-state index is 11.8. The highest BCUT2D eigenvalue weighted by Crippen LogP contribution is 2.46. The van der Waals surface area contributed by atoms with Crippen LogP contribution in [0.4, 0.5) is 0 Å². The standard InChI is InChI=1S/C24H31NO3/c1-27-23(28-2)21-13-6-7-14-22(21)24(26)15-19-11-8-12-20(16-24)25(19)17-18-9-4-3-5-10-18/h3-7,9-10,13-14,19-20,23,26H,8,11-12,15-17H2,1-2H3. The van der Waals surface area contributed by atoms with Gasteiger partial charge in [0.25, 0.3) is 0 Å². The maximum absolute atomic E-state index is 11.8. The first kappa shape index (κ1) is 19.6. The van der Waals surface area contributed by atoms with Crippen LogP contribution in [0.2, 0.25) is 0 Å². The van der Waals surface area contributed by atoms with Gasteiger partial charge in [-0.05, 0) is 36.8 Å². The summed E-state index contributed by atoms with van der Waals surface area (Å²) < 4.78 is 11.0. The fourth-order valence-electron chi connectivity index (χ4n) is 5.27. The zero-order valence-electron chi connectivity index (χ0n) is 16.9. The van der Waals surface area contributed by atoms with Gasteiger partial charge in [-0.1, -0.05) is 61.0 Å². The smallest absolute Gasteiger partial charge is 0.183 e. The summed E-state index contributed by atoms with van der Waals surface area (Å²) in [5, 5.41) is 11.8. The van der Waals surface area contributed by atoms with Crippen molar-refractivity contribution in [3.05, 3.63) is 71.3 Å². The molecule has 0 amide bonds. The first-order chi connectivity index (χ1) is 13.6. The van der Waals surface area contributed by atoms with Crippen molar-refractivity contribution < 1.29 is 14.6 Å². The highest BCUT2D eigenvalue weighted by Gasteiger charge is 2.47. The number of nitrogens with zero attached hydrogens (tertiary/aromatic N) is 1. The van der Waals surface area contributed by atoms with E-state index in [2.05, 4.69) is 35.2 Å². The van der Waals surface area contributed by atoms with E-state index in [1.807, 2.05) is 24.3 Å². The molecule has 2 aliphatic heterocycles. The molecule has 2 saturated heterocycles. The summed E-state index contributed by atoms with van der Waals surface area (Å²) in [5.74, 6) is 0. The van der Waals surface area contributed by atoms with Crippen LogP contribution < -0.4 is 0 Å². The first-order valence-corrected chi connectivity index (χ1v) is 10.3. The minimum atomic E-state index is -0.838. The lowest BCUT2D eigenvalue weighted by Gasteiger charge is -2.52. The average molecular weight is 382 g/mol. The Balaban J connectivity index is 1.62. The van der Waals surface area contributed by atoms with E-state index in [0.29, 0.717) is 12.1 Å². The Bertz CT molecular complexity index is 760. The number of ether oxygens (including phenoxy) is 2. The number of aliphatic hydroxyl groups is 1. The molecule has 0 saturated carbocycles. The lowest BCUT2D eigenvalue weighted by Crippen LogP contribution is -2.56. The van der Waals surface area contributed by atoms with E-state index in [1.165, 1.54) is 12.0 Å². The van der Waals surface area contributed by atoms with E-state index in [4.69, 9.17) is 9.47 Å². The fourth-order valence-corrected chi connectivity index (χ4v) is 5.27. The molecular weight excluding hydrogens is 350 g/mol. The number of benzene rings is 2. The van der Waals surface area contributed by atoms with Crippen molar-refractivity contribution in [2.75, 3.05) is 14.2 Å². The van der Waals surface area contributed by atoms with E-state index < -0.39 is 11.9 Å². The van der Waals surface area contributed by atoms with E-state index in [1.54, 1.807) is 14.2 Å². The van der Waals surface area contributed by atoms with Crippen LogP contribution in [0.1, 0.15) is 55.1 Å². The van der Waals surface area contributed by atoms with Crippen LogP contribution in [0.15, 0.2) is 54.6 Å². The van der Waals surface area contributed by atoms with Crippen LogP contribution in [0.3, 0.4) is 0 Å². The minimum Gasteiger partial charge on any atom is -0.385 e. The number of piperidine rings is 2. The maximum Gasteiger partial charge on any atom is 0.183 e. The Morgan fingerprint density at radius 1 is 0.964 bits per heavy atom. The fraction of sp³-hybridized carbons (Fsp3) is 0.500. The van der Waals surface area contributed by atoms with E-state index >= 15 is 0 Å². The number of fused-ring (bicyclic) bond motifs is 2. The molecule has 28 heavy (non-hydrogen) atoms. The molecular formula is C24H31NO3. The number of hydrogen-bond acceptors (Lipinski definition) is 4. The number of rotatable bonds is 6. The van der Waals surface area contributed by atoms with Crippen LogP contribution in [-0.4, -0.2) is 36.3 Å². The third-order valence-corrected chi connectivity index (χ3v) is 6.51. The summed E-state index contributed by atoms with van der Waals surface area (Å²) in [6.45, 7) is 0.965. The molecule has 2 atom stereocenters. The summed E-state index contributed by atoms with van der Waals surface area (Å²) in [5.41, 5.74) is 2.41. The van der Waals surface area contributed by atoms with Crippen molar-refractivity contribution >= 4 is 0 Å². The van der Waals surface area contributed by atoms with Crippen molar-refractivity contribution in [3.63, 3.8) is 0 Å². The Morgan fingerprint density at radius 2 is 1.57 bits per heavy atom. The normalized spacial score (nSPS) is 27.9. The molecule has 0 radical (unpaired) electrons. The highest BCUT2D eigenvalue weighted by molar-refractivity contribution is 5.35. The van der Waals surface area contributed by atoms with Gasteiger partial charge in [-0.15, -0.1) is 0 Å². The Morgan fingerprint density at radius 3 is 2.21 bits per heavy atom. The molecule has 2 aromatic rings. The highest BCUT2D eigenvalue weighted by atomic mass is 16.7. The van der Waals surface area contributed by atoms with Crippen molar-refractivity contribution in [1.82, 2.24) is 4.90 Å². The van der Waals surface area contributed by atoms with Gasteiger partial charge in [0.2, 0.25) is 0 Å². The third-order valence-electron chi connectivity index (χ3n) is 6.51. The second-order valence-corrected chi connectivity index (χ2v) is 8.23. The summed E-state index contributed by atoms with van der Waals surface area (Å²) in [6.07, 6.45) is 4.60. The van der Waals surface area contributed by atoms with E-state index in [0.717, 1.165) is 43.4 Å². The molecule has 4 nitrogen and oxygen atoms in total. The van der Waals surface area contributed by atoms with Gasteiger partial charge in [0, 0.05) is 38.4 Å². The molecule has 150 valence electrons. The van der Waals surface area contributed by atoms with Gasteiger partial charge < -0.3 is 14.6 Å². The van der Waals surface area contributed by atoms with Gasteiger partial charge in [-0.25, -0.2) is 0 Å². The molecule has 0 spiro atoms. The van der Waals surface area contributed by atoms with Crippen molar-refractivity contribution in [1.29, 1.82) is 0 Å². The van der Waals surface area contributed by atoms with Crippen LogP contribution >= 0.6 is 0 Å². The molecule has 2 fully saturated rings. The zero-order valence-corrected chi connectivity index (χ0v) is 16.9. The SMILES string of the molecule is COC(OC)c1ccccc1C1(O)CC2CCCC(C1)N2Cc1ccccc1. The predicted molar refractivity (Wildman–Crippen MR) is 110 cm³/mol. The minimum absolute atomic E-state index is 0.398.